The van der Waals surface area contributed by atoms with Crippen LogP contribution in [0.5, 0.6) is 0 Å². The summed E-state index contributed by atoms with van der Waals surface area (Å²) in [7, 11) is 1.35. The van der Waals surface area contributed by atoms with E-state index in [0.29, 0.717) is 10.2 Å². The number of hydrogen-bond donors (Lipinski definition) is 2. The fraction of sp³-hybridized carbons (Fsp3) is 0.577. The van der Waals surface area contributed by atoms with Crippen LogP contribution in [0.15, 0.2) is 30.7 Å². The van der Waals surface area contributed by atoms with Gasteiger partial charge in [-0.1, -0.05) is 0 Å². The number of urea groups is 1. The van der Waals surface area contributed by atoms with E-state index in [1.165, 1.54) is 30.1 Å². The van der Waals surface area contributed by atoms with Gasteiger partial charge in [0.1, 0.15) is 5.69 Å². The van der Waals surface area contributed by atoms with Gasteiger partial charge in [0.2, 0.25) is 5.92 Å². The molecule has 1 saturated carbocycles. The van der Waals surface area contributed by atoms with E-state index in [1.54, 1.807) is 0 Å². The van der Waals surface area contributed by atoms with E-state index in [9.17, 15) is 27.2 Å². The molecule has 0 spiro atoms. The summed E-state index contributed by atoms with van der Waals surface area (Å²) in [4.78, 5) is 31.5. The largest absolute Gasteiger partial charge is 0.382 e. The van der Waals surface area contributed by atoms with E-state index in [1.807, 2.05) is 0 Å². The molecule has 4 heterocycles. The average molecular weight is 586 g/mol. The van der Waals surface area contributed by atoms with Crippen LogP contribution in [0.1, 0.15) is 73.2 Å². The number of methoxy groups -OCH3 is 1. The smallest absolute Gasteiger partial charge is 0.318 e. The van der Waals surface area contributed by atoms with Gasteiger partial charge in [-0.25, -0.2) is 31.9 Å². The van der Waals surface area contributed by atoms with Gasteiger partial charge in [-0.15, -0.1) is 0 Å². The predicted molar refractivity (Wildman–Crippen MR) is 138 cm³/mol. The van der Waals surface area contributed by atoms with Crippen LogP contribution in [-0.2, 0) is 11.2 Å². The first-order valence-electron chi connectivity index (χ1n) is 15.4. The molecule has 222 valence electrons. The van der Waals surface area contributed by atoms with Crippen molar-refractivity contribution in [3.05, 3.63) is 47.7 Å². The second-order valence-electron chi connectivity index (χ2n) is 10.3. The first-order valence-corrected chi connectivity index (χ1v) is 12.9. The van der Waals surface area contributed by atoms with Crippen molar-refractivity contribution in [1.82, 2.24) is 39.9 Å². The van der Waals surface area contributed by atoms with Crippen LogP contribution >= 0.6 is 0 Å². The molecule has 11 nitrogen and oxygen atoms in total. The molecule has 2 N–H and O–H groups in total. The van der Waals surface area contributed by atoms with Gasteiger partial charge in [0.25, 0.3) is 11.8 Å². The number of alkyl halides is 4. The molecule has 0 radical (unpaired) electrons. The van der Waals surface area contributed by atoms with Crippen molar-refractivity contribution in [2.24, 2.45) is 5.92 Å². The summed E-state index contributed by atoms with van der Waals surface area (Å²) in [6.45, 7) is -8.00. The molecule has 2 fully saturated rings. The summed E-state index contributed by atoms with van der Waals surface area (Å²) in [5.41, 5.74) is 0.328. The molecule has 1 aliphatic heterocycles. The molecule has 3 amide bonds. The van der Waals surface area contributed by atoms with Crippen LogP contribution < -0.4 is 10.6 Å². The first-order chi connectivity index (χ1) is 21.4. The lowest BCUT2D eigenvalue weighted by Gasteiger charge is -2.38. The molecular weight excluding hydrogens is 548 g/mol. The summed E-state index contributed by atoms with van der Waals surface area (Å²) >= 11 is 0. The Hall–Kier alpha value is -3.75. The monoisotopic (exact) mass is 585 g/mol. The minimum absolute atomic E-state index is 0.00799. The van der Waals surface area contributed by atoms with Crippen LogP contribution in [0.2, 0.25) is 0 Å². The molecule has 41 heavy (non-hydrogen) atoms. The van der Waals surface area contributed by atoms with Crippen molar-refractivity contribution < 1.29 is 38.7 Å². The van der Waals surface area contributed by atoms with Gasteiger partial charge < -0.3 is 20.3 Å². The Labute approximate surface area is 240 Å². The van der Waals surface area contributed by atoms with Crippen LogP contribution in [0.3, 0.4) is 0 Å². The number of carbonyl (C=O) groups is 2. The summed E-state index contributed by atoms with van der Waals surface area (Å²) in [5, 5.41) is 12.9. The van der Waals surface area contributed by atoms with Crippen LogP contribution in [0.25, 0.3) is 5.65 Å². The van der Waals surface area contributed by atoms with Gasteiger partial charge in [-0.2, -0.15) is 10.2 Å². The zero-order chi connectivity index (χ0) is 33.7. The highest BCUT2D eigenvalue weighted by Gasteiger charge is 2.43. The van der Waals surface area contributed by atoms with E-state index in [4.69, 9.17) is 11.6 Å². The number of nitrogens with zero attached hydrogens (tertiary/aromatic N) is 6. The number of nitrogens with one attached hydrogen (secondary N) is 2. The highest BCUT2D eigenvalue weighted by atomic mass is 19.3. The van der Waals surface area contributed by atoms with Gasteiger partial charge >= 0.3 is 6.03 Å². The highest BCUT2D eigenvalue weighted by molar-refractivity contribution is 5.92. The summed E-state index contributed by atoms with van der Waals surface area (Å²) < 4.78 is 102. The lowest BCUT2D eigenvalue weighted by atomic mass is 9.81. The molecule has 2 aliphatic rings. The van der Waals surface area contributed by atoms with Gasteiger partial charge in [0.05, 0.1) is 52.6 Å². The lowest BCUT2D eigenvalue weighted by molar-refractivity contribution is -0.0510. The number of aromatic nitrogens is 5. The van der Waals surface area contributed by atoms with Gasteiger partial charge in [0.15, 0.2) is 5.65 Å². The minimum Gasteiger partial charge on any atom is -0.382 e. The lowest BCUT2D eigenvalue weighted by Crippen LogP contribution is -2.58. The Morgan fingerprint density at radius 1 is 1.29 bits per heavy atom. The number of imidazole rings is 1. The van der Waals surface area contributed by atoms with Gasteiger partial charge in [-0.3, -0.25) is 9.48 Å². The molecule has 1 saturated heterocycles. The summed E-state index contributed by atoms with van der Waals surface area (Å²) in [6, 6.07) is -0.0152. The van der Waals surface area contributed by atoms with Crippen LogP contribution in [-0.4, -0.2) is 79.9 Å². The van der Waals surface area contributed by atoms with E-state index >= 15 is 0 Å². The van der Waals surface area contributed by atoms with E-state index in [2.05, 4.69) is 25.8 Å². The Bertz CT molecular complexity index is 1590. The molecule has 2 atom stereocenters. The van der Waals surface area contributed by atoms with E-state index < -0.39 is 86.8 Å². The number of aryl methyl sites for hydroxylation is 1. The van der Waals surface area contributed by atoms with E-state index in [0.717, 1.165) is 17.2 Å². The highest BCUT2D eigenvalue weighted by Crippen LogP contribution is 2.41. The summed E-state index contributed by atoms with van der Waals surface area (Å²) in [6.07, 6.45) is 3.01. The molecule has 2 unspecified atom stereocenters. The molecule has 3 aromatic heterocycles. The second kappa shape index (κ2) is 11.3. The molecule has 0 aromatic carbocycles. The number of fused-ring (bicyclic) bond motifs is 1. The molecule has 1 aliphatic carbocycles. The normalized spacial score (nSPS) is 23.0. The number of hydrogen-bond acceptors (Lipinski definition) is 6. The zero-order valence-corrected chi connectivity index (χ0v) is 22.0. The van der Waals surface area contributed by atoms with Crippen molar-refractivity contribution in [3.8, 4) is 0 Å². The number of rotatable bonds is 9. The SMILES string of the molecule is [2H]C([2H])([2H])C([2H])([2H])n1nccc1C(=O)NC(c1cn2ncc(C(COC)N3CC(F)(F)CNC3=O)cc2n1)C1CCC(F)(F)CC1. The van der Waals surface area contributed by atoms with Gasteiger partial charge in [0, 0.05) is 42.3 Å². The third-order valence-electron chi connectivity index (χ3n) is 7.43. The molecule has 15 heteroatoms. The van der Waals surface area contributed by atoms with Crippen molar-refractivity contribution in [2.45, 2.75) is 63.0 Å². The predicted octanol–water partition coefficient (Wildman–Crippen LogP) is 3.59. The maximum atomic E-state index is 14.2. The number of halogens is 4. The number of amides is 3. The van der Waals surface area contributed by atoms with Gasteiger partial charge in [-0.05, 0) is 37.7 Å². The van der Waals surface area contributed by atoms with Crippen LogP contribution in [0, 0.1) is 5.92 Å². The van der Waals surface area contributed by atoms with Crippen LogP contribution in [0.4, 0.5) is 22.4 Å². The van der Waals surface area contributed by atoms with Crippen molar-refractivity contribution in [2.75, 3.05) is 26.8 Å². The number of carbonyl (C=O) groups excluding carboxylic acids is 2. The fourth-order valence-corrected chi connectivity index (χ4v) is 5.31. The first kappa shape index (κ1) is 22.9. The molecular formula is C26H32F4N8O3. The Morgan fingerprint density at radius 3 is 2.80 bits per heavy atom. The Kier molecular flexibility index (Phi) is 6.28. The third kappa shape index (κ3) is 6.14. The van der Waals surface area contributed by atoms with E-state index in [-0.39, 0.29) is 30.8 Å². The zero-order valence-electron chi connectivity index (χ0n) is 27.0. The Balaban J connectivity index is 1.49. The molecule has 5 rings (SSSR count). The maximum absolute atomic E-state index is 14.2. The minimum atomic E-state index is -3.18. The molecule has 3 aromatic rings. The van der Waals surface area contributed by atoms with Crippen molar-refractivity contribution in [3.63, 3.8) is 0 Å². The second-order valence-corrected chi connectivity index (χ2v) is 10.3. The fourth-order valence-electron chi connectivity index (χ4n) is 5.31. The summed E-state index contributed by atoms with van der Waals surface area (Å²) in [5.74, 6) is -7.51. The quantitative estimate of drug-likeness (QED) is 0.371. The maximum Gasteiger partial charge on any atom is 0.318 e. The topological polar surface area (TPSA) is 119 Å². The standard InChI is InChI=1S/C26H32F4N8O3/c1-3-37-19(6-9-32-37)23(39)35-22(16-4-7-25(27,28)8-5-16)18-12-38-21(34-18)10-17(11-33-38)20(13-41-2)36-15-26(29,30)14-31-24(36)40/h6,9-12,16,20,22H,3-5,7-8,13-15H2,1-2H3,(H,31,40)(H,35,39)/i1D3,3D2. The Morgan fingerprint density at radius 2 is 2.07 bits per heavy atom. The number of ether oxygens (including phenoxy) is 1. The third-order valence-corrected chi connectivity index (χ3v) is 7.43. The van der Waals surface area contributed by atoms with Crippen molar-refractivity contribution >= 4 is 17.6 Å². The average Bonchev–Trinajstić information content (AvgIpc) is 3.63. The van der Waals surface area contributed by atoms with Crippen molar-refractivity contribution in [1.29, 1.82) is 0 Å². The molecule has 0 bridgehead atoms.